The van der Waals surface area contributed by atoms with E-state index in [1.165, 1.54) is 6.07 Å². The van der Waals surface area contributed by atoms with E-state index < -0.39 is 34.5 Å². The van der Waals surface area contributed by atoms with Crippen LogP contribution >= 0.6 is 24.8 Å². The summed E-state index contributed by atoms with van der Waals surface area (Å²) in [6.45, 7) is 7.31. The molecule has 2 heterocycles. The predicted molar refractivity (Wildman–Crippen MR) is 164 cm³/mol. The molecule has 2 fully saturated rings. The highest BCUT2D eigenvalue weighted by Gasteiger charge is 2.35. The van der Waals surface area contributed by atoms with Crippen LogP contribution in [0.4, 0.5) is 13.2 Å². The number of methoxy groups -OCH3 is 1. The van der Waals surface area contributed by atoms with E-state index in [-0.39, 0.29) is 60.4 Å². The number of carbonyl (C=O) groups excluding carboxylic acids is 1. The second-order valence-electron chi connectivity index (χ2n) is 10.9. The molecule has 2 aromatic rings. The molecule has 2 aliphatic rings. The van der Waals surface area contributed by atoms with Gasteiger partial charge in [0, 0.05) is 70.3 Å². The number of phenols is 1. The number of aryl methyl sites for hydroxylation is 1. The number of ether oxygens (including phenoxy) is 2. The summed E-state index contributed by atoms with van der Waals surface area (Å²) >= 11 is -2.62. The Morgan fingerprint density at radius 2 is 1.77 bits per heavy atom. The molecule has 0 saturated carbocycles. The van der Waals surface area contributed by atoms with Crippen molar-refractivity contribution in [2.75, 3.05) is 66.1 Å². The molecule has 1 unspecified atom stereocenters. The number of hydrogen-bond acceptors (Lipinski definition) is 8. The van der Waals surface area contributed by atoms with Gasteiger partial charge in [-0.3, -0.25) is 18.8 Å². The summed E-state index contributed by atoms with van der Waals surface area (Å²) in [5.74, 6) is -1.09. The van der Waals surface area contributed by atoms with E-state index in [1.54, 1.807) is 31.1 Å². The summed E-state index contributed by atoms with van der Waals surface area (Å²) in [7, 11) is 1.64. The molecule has 15 heteroatoms. The number of carbonyl (C=O) groups is 1. The van der Waals surface area contributed by atoms with Gasteiger partial charge in [0.2, 0.25) is 0 Å². The van der Waals surface area contributed by atoms with E-state index in [2.05, 4.69) is 9.80 Å². The molecule has 1 N–H and O–H groups in total. The molecule has 4 rings (SSSR count). The van der Waals surface area contributed by atoms with Crippen LogP contribution < -0.4 is 0 Å². The van der Waals surface area contributed by atoms with E-state index in [9.17, 15) is 31.8 Å². The fourth-order valence-electron chi connectivity index (χ4n) is 5.54. The summed E-state index contributed by atoms with van der Waals surface area (Å²) < 4.78 is 74.4. The van der Waals surface area contributed by atoms with Gasteiger partial charge in [-0.15, -0.1) is 24.8 Å². The lowest BCUT2D eigenvalue weighted by molar-refractivity contribution is -0.137. The zero-order valence-electron chi connectivity index (χ0n) is 24.6. The summed E-state index contributed by atoms with van der Waals surface area (Å²) in [5, 5.41) is 10.3. The van der Waals surface area contributed by atoms with Crippen LogP contribution in [0, 0.1) is 6.92 Å². The quantitative estimate of drug-likeness (QED) is 0.378. The third-order valence-corrected chi connectivity index (χ3v) is 8.30. The van der Waals surface area contributed by atoms with Crippen LogP contribution in [0.1, 0.15) is 32.6 Å². The Kier molecular flexibility index (Phi) is 14.8. The first-order valence-corrected chi connectivity index (χ1v) is 15.1. The van der Waals surface area contributed by atoms with Gasteiger partial charge in [0.25, 0.3) is 5.91 Å². The summed E-state index contributed by atoms with van der Waals surface area (Å²) in [6.07, 6.45) is -4.34. The van der Waals surface area contributed by atoms with Crippen molar-refractivity contribution >= 4 is 41.8 Å². The number of aromatic hydroxyl groups is 1. The highest BCUT2D eigenvalue weighted by atomic mass is 35.5. The minimum atomic E-state index is -4.74. The van der Waals surface area contributed by atoms with E-state index in [0.717, 1.165) is 43.9 Å². The Hall–Kier alpha value is -1.97. The number of hydrogen-bond donors (Lipinski definition) is 1. The number of morpholine rings is 1. The molecule has 3 atom stereocenters. The Morgan fingerprint density at radius 1 is 1.07 bits per heavy atom. The number of phenolic OH excluding ortho intramolecular Hbond substituents is 1. The van der Waals surface area contributed by atoms with Crippen molar-refractivity contribution in [2.45, 2.75) is 37.4 Å². The highest BCUT2D eigenvalue weighted by molar-refractivity contribution is 7.78. The maximum atomic E-state index is 13.8. The predicted octanol–water partition coefficient (Wildman–Crippen LogP) is 3.66. The van der Waals surface area contributed by atoms with E-state index in [0.29, 0.717) is 38.3 Å². The lowest BCUT2D eigenvalue weighted by Gasteiger charge is -2.43. The van der Waals surface area contributed by atoms with Crippen molar-refractivity contribution in [1.82, 2.24) is 14.7 Å². The zero-order valence-corrected chi connectivity index (χ0v) is 27.0. The third-order valence-electron chi connectivity index (χ3n) is 7.73. The van der Waals surface area contributed by atoms with Gasteiger partial charge in [0.05, 0.1) is 24.9 Å². The first kappa shape index (κ1) is 38.2. The summed E-state index contributed by atoms with van der Waals surface area (Å²) in [5.41, 5.74) is 0.140. The largest absolute Gasteiger partial charge is 0.772 e. The number of piperazine rings is 1. The molecule has 248 valence electrons. The van der Waals surface area contributed by atoms with Crippen LogP contribution in [0.2, 0.25) is 0 Å². The molecule has 44 heavy (non-hydrogen) atoms. The number of amides is 1. The number of alkyl halides is 3. The maximum Gasteiger partial charge on any atom is 0.416 e. The van der Waals surface area contributed by atoms with Crippen molar-refractivity contribution in [3.63, 3.8) is 0 Å². The van der Waals surface area contributed by atoms with Crippen LogP contribution in [0.25, 0.3) is 0 Å². The fourth-order valence-corrected chi connectivity index (χ4v) is 5.98. The van der Waals surface area contributed by atoms with Gasteiger partial charge in [0.15, 0.2) is 0 Å². The van der Waals surface area contributed by atoms with Crippen molar-refractivity contribution < 1.29 is 41.3 Å². The summed E-state index contributed by atoms with van der Waals surface area (Å²) in [6, 6.07) is 7.69. The van der Waals surface area contributed by atoms with Crippen molar-refractivity contribution in [3.05, 3.63) is 64.2 Å². The topological polar surface area (TPSA) is 106 Å². The molecule has 1 amide bonds. The van der Waals surface area contributed by atoms with Gasteiger partial charge >= 0.3 is 6.18 Å². The van der Waals surface area contributed by atoms with Crippen molar-refractivity contribution in [3.8, 4) is 5.75 Å². The molecule has 2 saturated heterocycles. The lowest BCUT2D eigenvalue weighted by Crippen LogP contribution is -2.57. The maximum absolute atomic E-state index is 13.8. The van der Waals surface area contributed by atoms with Gasteiger partial charge in [-0.1, -0.05) is 23.2 Å². The minimum Gasteiger partial charge on any atom is -0.772 e. The van der Waals surface area contributed by atoms with E-state index in [4.69, 9.17) is 9.47 Å². The average molecular weight is 686 g/mol. The standard InChI is InChI=1S/C29H38F3N3O6S.2ClH/c1-20-3-4-21(14-27(20)36)13-25-16-33(5-6-34-9-10-41-26(17-34)18-40-2)7-8-35(25)28(37)23-11-22(19-42(38)39)12-24(15-23)29(30,31)32;;/h3-4,11-12,14-15,25-26,36H,5-10,13,16-19H2,1-2H3,(H,38,39);2*1H/p-1/t25-,26+;;/m1../s1. The molecular weight excluding hydrogens is 646 g/mol. The Morgan fingerprint density at radius 3 is 2.41 bits per heavy atom. The van der Waals surface area contributed by atoms with Gasteiger partial charge in [-0.25, -0.2) is 0 Å². The molecule has 2 aromatic carbocycles. The first-order chi connectivity index (χ1) is 19.9. The van der Waals surface area contributed by atoms with Crippen LogP contribution in [0.15, 0.2) is 36.4 Å². The Balaban J connectivity index is 0.00000337. The average Bonchev–Trinajstić information content (AvgIpc) is 2.93. The second kappa shape index (κ2) is 17.1. The summed E-state index contributed by atoms with van der Waals surface area (Å²) in [4.78, 5) is 19.9. The minimum absolute atomic E-state index is 0. The monoisotopic (exact) mass is 684 g/mol. The van der Waals surface area contributed by atoms with Crippen LogP contribution in [0.3, 0.4) is 0 Å². The molecule has 0 bridgehead atoms. The lowest BCUT2D eigenvalue weighted by atomic mass is 9.98. The molecule has 0 spiro atoms. The molecule has 0 aromatic heterocycles. The van der Waals surface area contributed by atoms with E-state index in [1.807, 2.05) is 6.07 Å². The molecule has 9 nitrogen and oxygen atoms in total. The number of benzene rings is 2. The van der Waals surface area contributed by atoms with Crippen LogP contribution in [0.5, 0.6) is 5.75 Å². The number of nitrogens with zero attached hydrogens (tertiary/aromatic N) is 3. The molecule has 0 radical (unpaired) electrons. The molecule has 0 aliphatic carbocycles. The number of rotatable bonds is 10. The number of halogens is 5. The Bertz CT molecular complexity index is 1270. The zero-order chi connectivity index (χ0) is 30.4. The molecular formula is C29H39Cl2F3N3O6S-. The van der Waals surface area contributed by atoms with Crippen LogP contribution in [-0.2, 0) is 38.9 Å². The van der Waals surface area contributed by atoms with Gasteiger partial charge in [0.1, 0.15) is 5.75 Å². The van der Waals surface area contributed by atoms with Gasteiger partial charge < -0.3 is 24.0 Å². The van der Waals surface area contributed by atoms with Gasteiger partial charge in [-0.05, 0) is 54.3 Å². The second-order valence-corrected chi connectivity index (χ2v) is 11.8. The smallest absolute Gasteiger partial charge is 0.416 e. The molecule has 2 aliphatic heterocycles. The fraction of sp³-hybridized carbons (Fsp3) is 0.552. The third kappa shape index (κ3) is 10.5. The highest BCUT2D eigenvalue weighted by Crippen LogP contribution is 2.32. The van der Waals surface area contributed by atoms with Crippen molar-refractivity contribution in [2.24, 2.45) is 0 Å². The SMILES string of the molecule is COC[C@@H]1CN(CCN2CCN(C(=O)c3cc(CS(=O)[O-])cc(C(F)(F)F)c3)[C@H](Cc3ccc(C)c(O)c3)C2)CCO1.Cl.Cl. The van der Waals surface area contributed by atoms with Gasteiger partial charge in [-0.2, -0.15) is 13.2 Å². The first-order valence-electron chi connectivity index (χ1n) is 13.8. The van der Waals surface area contributed by atoms with E-state index >= 15 is 0 Å². The van der Waals surface area contributed by atoms with Crippen LogP contribution in [-0.4, -0.2) is 113 Å². The Labute approximate surface area is 270 Å². The van der Waals surface area contributed by atoms with Crippen molar-refractivity contribution in [1.29, 1.82) is 0 Å². The normalized spacial score (nSPS) is 20.5.